The van der Waals surface area contributed by atoms with Crippen LogP contribution in [0.15, 0.2) is 12.5 Å². The van der Waals surface area contributed by atoms with Crippen molar-refractivity contribution in [1.82, 2.24) is 9.97 Å². The van der Waals surface area contributed by atoms with E-state index in [4.69, 9.17) is 5.26 Å². The Morgan fingerprint density at radius 2 is 2.75 bits per heavy atom. The molecule has 8 heavy (non-hydrogen) atoms. The molecule has 0 aliphatic rings. The number of hydrogen-bond acceptors (Lipinski definition) is 3. The van der Waals surface area contributed by atoms with Crippen LogP contribution in [-0.2, 0) is 0 Å². The molecule has 1 heterocycles. The molecule has 0 aliphatic heterocycles. The van der Waals surface area contributed by atoms with Crippen molar-refractivity contribution in [1.29, 1.82) is 5.26 Å². The molecule has 4 heteroatoms. The predicted octanol–water partition coefficient (Wildman–Crippen LogP) is 0.303. The number of H-pyrrole nitrogens is 1. The molecule has 0 saturated carbocycles. The van der Waals surface area contributed by atoms with Gasteiger partial charge in [0, 0.05) is 0 Å². The lowest BCUT2D eigenvalue weighted by molar-refractivity contribution is 1.31. The van der Waals surface area contributed by atoms with Crippen LogP contribution >= 0.6 is 0 Å². The molecule has 0 fully saturated rings. The molecule has 0 spiro atoms. The highest BCUT2D eigenvalue weighted by Crippen LogP contribution is 1.93. The molecule has 1 aromatic heterocycles. The van der Waals surface area contributed by atoms with E-state index in [9.17, 15) is 0 Å². The third kappa shape index (κ3) is 0.763. The fourth-order valence-corrected chi connectivity index (χ4v) is 0.384. The summed E-state index contributed by atoms with van der Waals surface area (Å²) in [7, 11) is 0. The van der Waals surface area contributed by atoms with Crippen LogP contribution in [-0.4, -0.2) is 9.97 Å². The molecule has 2 N–H and O–H groups in total. The van der Waals surface area contributed by atoms with Gasteiger partial charge in [0.05, 0.1) is 12.5 Å². The van der Waals surface area contributed by atoms with Crippen LogP contribution in [0.2, 0.25) is 0 Å². The van der Waals surface area contributed by atoms with Crippen molar-refractivity contribution in [3.8, 4) is 6.19 Å². The first kappa shape index (κ1) is 4.65. The maximum Gasteiger partial charge on any atom is 0.182 e. The standard InChI is InChI=1S/C4H4N4/c5-2-7-4-1-6-3-8-4/h1,3,7H,(H,6,8). The van der Waals surface area contributed by atoms with E-state index in [-0.39, 0.29) is 0 Å². The minimum absolute atomic E-state index is 0.618. The minimum atomic E-state index is 0.618. The molecule has 0 aliphatic carbocycles. The topological polar surface area (TPSA) is 64.5 Å². The van der Waals surface area contributed by atoms with Gasteiger partial charge in [0.15, 0.2) is 6.19 Å². The number of anilines is 1. The SMILES string of the molecule is N#CNc1cnc[nH]1. The summed E-state index contributed by atoms with van der Waals surface area (Å²) in [5, 5.41) is 10.4. The normalized spacial score (nSPS) is 7.88. The number of aromatic nitrogens is 2. The summed E-state index contributed by atoms with van der Waals surface area (Å²) >= 11 is 0. The van der Waals surface area contributed by atoms with Crippen molar-refractivity contribution in [2.45, 2.75) is 0 Å². The molecule has 40 valence electrons. The van der Waals surface area contributed by atoms with Gasteiger partial charge in [-0.15, -0.1) is 0 Å². The fraction of sp³-hybridized carbons (Fsp3) is 0. The monoisotopic (exact) mass is 108 g/mol. The minimum Gasteiger partial charge on any atom is -0.331 e. The molecule has 4 nitrogen and oxygen atoms in total. The van der Waals surface area contributed by atoms with Crippen LogP contribution in [0, 0.1) is 11.5 Å². The molecule has 1 rings (SSSR count). The number of nitrogens with zero attached hydrogens (tertiary/aromatic N) is 2. The van der Waals surface area contributed by atoms with Crippen molar-refractivity contribution in [3.05, 3.63) is 12.5 Å². The van der Waals surface area contributed by atoms with Crippen molar-refractivity contribution in [2.24, 2.45) is 0 Å². The summed E-state index contributed by atoms with van der Waals surface area (Å²) in [5.74, 6) is 0.618. The summed E-state index contributed by atoms with van der Waals surface area (Å²) < 4.78 is 0. The summed E-state index contributed by atoms with van der Waals surface area (Å²) in [4.78, 5) is 6.36. The smallest absolute Gasteiger partial charge is 0.182 e. The lowest BCUT2D eigenvalue weighted by atomic mass is 10.8. The third-order valence-electron chi connectivity index (χ3n) is 0.689. The van der Waals surface area contributed by atoms with Crippen LogP contribution in [0.4, 0.5) is 5.82 Å². The maximum absolute atomic E-state index is 8.03. The van der Waals surface area contributed by atoms with Gasteiger partial charge in [-0.2, -0.15) is 5.26 Å². The van der Waals surface area contributed by atoms with Crippen LogP contribution in [0.1, 0.15) is 0 Å². The van der Waals surface area contributed by atoms with Gasteiger partial charge in [-0.05, 0) is 0 Å². The van der Waals surface area contributed by atoms with Gasteiger partial charge >= 0.3 is 0 Å². The molecular weight excluding hydrogens is 104 g/mol. The molecular formula is C4H4N4. The second-order valence-electron chi connectivity index (χ2n) is 1.20. The van der Waals surface area contributed by atoms with Crippen LogP contribution < -0.4 is 5.32 Å². The lowest BCUT2D eigenvalue weighted by Gasteiger charge is -1.82. The van der Waals surface area contributed by atoms with E-state index in [1.807, 2.05) is 0 Å². The van der Waals surface area contributed by atoms with E-state index in [2.05, 4.69) is 15.3 Å². The van der Waals surface area contributed by atoms with Crippen molar-refractivity contribution < 1.29 is 0 Å². The molecule has 0 amide bonds. The van der Waals surface area contributed by atoms with Gasteiger partial charge in [0.25, 0.3) is 0 Å². The third-order valence-corrected chi connectivity index (χ3v) is 0.689. The number of nitrogens with one attached hydrogen (secondary N) is 2. The number of nitriles is 1. The average Bonchev–Trinajstić information content (AvgIpc) is 2.19. The number of imidazole rings is 1. The quantitative estimate of drug-likeness (QED) is 0.401. The highest BCUT2D eigenvalue weighted by molar-refractivity contribution is 5.34. The first-order valence-corrected chi connectivity index (χ1v) is 2.07. The zero-order valence-electron chi connectivity index (χ0n) is 4.05. The Bertz CT molecular complexity index is 182. The van der Waals surface area contributed by atoms with Crippen molar-refractivity contribution in [3.63, 3.8) is 0 Å². The second kappa shape index (κ2) is 1.98. The molecule has 0 bridgehead atoms. The molecule has 0 saturated heterocycles. The average molecular weight is 108 g/mol. The lowest BCUT2D eigenvalue weighted by Crippen LogP contribution is -1.84. The molecule has 0 radical (unpaired) electrons. The van der Waals surface area contributed by atoms with Gasteiger partial charge in [-0.25, -0.2) is 4.98 Å². The van der Waals surface area contributed by atoms with Crippen LogP contribution in [0.3, 0.4) is 0 Å². The Morgan fingerprint density at radius 1 is 1.88 bits per heavy atom. The first-order valence-electron chi connectivity index (χ1n) is 2.07. The zero-order chi connectivity index (χ0) is 5.82. The van der Waals surface area contributed by atoms with Crippen LogP contribution in [0.25, 0.3) is 0 Å². The predicted molar refractivity (Wildman–Crippen MR) is 27.8 cm³/mol. The molecule has 0 aromatic carbocycles. The Kier molecular flexibility index (Phi) is 1.15. The largest absolute Gasteiger partial charge is 0.331 e. The van der Waals surface area contributed by atoms with Gasteiger partial charge in [-0.1, -0.05) is 0 Å². The van der Waals surface area contributed by atoms with E-state index >= 15 is 0 Å². The highest BCUT2D eigenvalue weighted by Gasteiger charge is 1.84. The van der Waals surface area contributed by atoms with E-state index in [1.165, 1.54) is 12.5 Å². The summed E-state index contributed by atoms with van der Waals surface area (Å²) in [6.07, 6.45) is 4.78. The Balaban J connectivity index is 2.67. The van der Waals surface area contributed by atoms with Crippen molar-refractivity contribution >= 4 is 5.82 Å². The molecule has 1 aromatic rings. The van der Waals surface area contributed by atoms with E-state index in [0.717, 1.165) is 0 Å². The zero-order valence-corrected chi connectivity index (χ0v) is 4.05. The van der Waals surface area contributed by atoms with Gasteiger partial charge < -0.3 is 4.98 Å². The Hall–Kier alpha value is -1.50. The van der Waals surface area contributed by atoms with E-state index < -0.39 is 0 Å². The first-order chi connectivity index (χ1) is 3.93. The van der Waals surface area contributed by atoms with Crippen molar-refractivity contribution in [2.75, 3.05) is 5.32 Å². The van der Waals surface area contributed by atoms with Crippen LogP contribution in [0.5, 0.6) is 0 Å². The Labute approximate surface area is 46.2 Å². The van der Waals surface area contributed by atoms with Gasteiger partial charge in [0.1, 0.15) is 5.82 Å². The van der Waals surface area contributed by atoms with Gasteiger partial charge in [-0.3, -0.25) is 5.32 Å². The van der Waals surface area contributed by atoms with E-state index in [0.29, 0.717) is 5.82 Å². The Morgan fingerprint density at radius 3 is 3.25 bits per heavy atom. The molecule has 0 atom stereocenters. The highest BCUT2D eigenvalue weighted by atomic mass is 15.0. The number of rotatable bonds is 1. The van der Waals surface area contributed by atoms with E-state index in [1.54, 1.807) is 6.19 Å². The second-order valence-corrected chi connectivity index (χ2v) is 1.20. The number of hydrogen-bond donors (Lipinski definition) is 2. The summed E-state index contributed by atoms with van der Waals surface area (Å²) in [6.45, 7) is 0. The molecule has 0 unspecified atom stereocenters. The number of aromatic amines is 1. The summed E-state index contributed by atoms with van der Waals surface area (Å²) in [6, 6.07) is 0. The fourth-order valence-electron chi connectivity index (χ4n) is 0.384. The maximum atomic E-state index is 8.03. The summed E-state index contributed by atoms with van der Waals surface area (Å²) in [5.41, 5.74) is 0. The van der Waals surface area contributed by atoms with Gasteiger partial charge in [0.2, 0.25) is 0 Å².